The Labute approximate surface area is 109 Å². The van der Waals surface area contributed by atoms with Gasteiger partial charge in [-0.15, -0.1) is 0 Å². The zero-order chi connectivity index (χ0) is 12.3. The zero-order valence-electron chi connectivity index (χ0n) is 9.60. The van der Waals surface area contributed by atoms with E-state index >= 15 is 0 Å². The predicted molar refractivity (Wildman–Crippen MR) is 71.7 cm³/mol. The summed E-state index contributed by atoms with van der Waals surface area (Å²) >= 11 is 3.47. The van der Waals surface area contributed by atoms with Gasteiger partial charge in [0, 0.05) is 22.8 Å². The smallest absolute Gasteiger partial charge is 0.0934 e. The van der Waals surface area contributed by atoms with Crippen molar-refractivity contribution in [2.75, 3.05) is 0 Å². The highest BCUT2D eigenvalue weighted by atomic mass is 79.9. The van der Waals surface area contributed by atoms with Crippen LogP contribution in [-0.4, -0.2) is 10.1 Å². The Morgan fingerprint density at radius 2 is 1.88 bits per heavy atom. The second kappa shape index (κ2) is 4.98. The first-order valence-corrected chi connectivity index (χ1v) is 6.26. The van der Waals surface area contributed by atoms with Crippen molar-refractivity contribution in [1.82, 2.24) is 4.98 Å². The predicted octanol–water partition coefficient (Wildman–Crippen LogP) is 3.29. The van der Waals surface area contributed by atoms with Gasteiger partial charge in [0.05, 0.1) is 5.60 Å². The Hall–Kier alpha value is -1.19. The van der Waals surface area contributed by atoms with Crippen LogP contribution in [0.5, 0.6) is 0 Å². The van der Waals surface area contributed by atoms with Crippen LogP contribution in [0.25, 0.3) is 0 Å². The molecule has 0 fully saturated rings. The molecule has 0 amide bonds. The van der Waals surface area contributed by atoms with Gasteiger partial charge in [-0.05, 0) is 30.7 Å². The number of pyridine rings is 1. The van der Waals surface area contributed by atoms with Gasteiger partial charge in [0.1, 0.15) is 0 Å². The summed E-state index contributed by atoms with van der Waals surface area (Å²) in [5.41, 5.74) is 0.841. The number of rotatable bonds is 3. The molecule has 88 valence electrons. The fraction of sp³-hybridized carbons (Fsp3) is 0.214. The van der Waals surface area contributed by atoms with Crippen LogP contribution in [0.2, 0.25) is 0 Å². The van der Waals surface area contributed by atoms with E-state index in [0.29, 0.717) is 6.42 Å². The van der Waals surface area contributed by atoms with Crippen molar-refractivity contribution in [1.29, 1.82) is 0 Å². The molecule has 0 aliphatic heterocycles. The second-order valence-corrected chi connectivity index (χ2v) is 5.11. The summed E-state index contributed by atoms with van der Waals surface area (Å²) in [6, 6.07) is 13.4. The maximum absolute atomic E-state index is 10.6. The standard InChI is InChI=1S/C14H14BrNO/c1-14(17,10-11-6-4-5-9-16-11)12-7-2-3-8-13(12)15/h2-9,17H,10H2,1H3. The van der Waals surface area contributed by atoms with E-state index in [1.165, 1.54) is 0 Å². The minimum absolute atomic E-state index is 0.496. The molecule has 3 heteroatoms. The van der Waals surface area contributed by atoms with Crippen LogP contribution >= 0.6 is 15.9 Å². The monoisotopic (exact) mass is 291 g/mol. The van der Waals surface area contributed by atoms with E-state index in [2.05, 4.69) is 20.9 Å². The molecule has 17 heavy (non-hydrogen) atoms. The second-order valence-electron chi connectivity index (χ2n) is 4.25. The highest BCUT2D eigenvalue weighted by Gasteiger charge is 2.25. The number of benzene rings is 1. The lowest BCUT2D eigenvalue weighted by atomic mass is 9.91. The number of hydrogen-bond donors (Lipinski definition) is 1. The van der Waals surface area contributed by atoms with Crippen LogP contribution in [0.4, 0.5) is 0 Å². The van der Waals surface area contributed by atoms with Crippen molar-refractivity contribution in [3.8, 4) is 0 Å². The molecule has 1 heterocycles. The highest BCUT2D eigenvalue weighted by Crippen LogP contribution is 2.30. The van der Waals surface area contributed by atoms with Crippen LogP contribution in [0, 0.1) is 0 Å². The Morgan fingerprint density at radius 3 is 2.53 bits per heavy atom. The molecule has 1 unspecified atom stereocenters. The summed E-state index contributed by atoms with van der Waals surface area (Å²) in [6.45, 7) is 1.81. The molecule has 0 spiro atoms. The maximum atomic E-state index is 10.6. The first-order chi connectivity index (χ1) is 8.09. The van der Waals surface area contributed by atoms with E-state index in [9.17, 15) is 5.11 Å². The van der Waals surface area contributed by atoms with Gasteiger partial charge in [-0.25, -0.2) is 0 Å². The van der Waals surface area contributed by atoms with Crippen molar-refractivity contribution >= 4 is 15.9 Å². The van der Waals surface area contributed by atoms with Crippen LogP contribution in [0.1, 0.15) is 18.2 Å². The van der Waals surface area contributed by atoms with Crippen LogP contribution in [0.3, 0.4) is 0 Å². The van der Waals surface area contributed by atoms with Gasteiger partial charge in [0.2, 0.25) is 0 Å². The van der Waals surface area contributed by atoms with Crippen LogP contribution in [0.15, 0.2) is 53.1 Å². The van der Waals surface area contributed by atoms with Gasteiger partial charge in [-0.1, -0.05) is 40.2 Å². The van der Waals surface area contributed by atoms with E-state index < -0.39 is 5.60 Å². The molecule has 1 aromatic heterocycles. The first-order valence-electron chi connectivity index (χ1n) is 5.47. The third-order valence-electron chi connectivity index (χ3n) is 2.71. The fourth-order valence-electron chi connectivity index (χ4n) is 1.85. The van der Waals surface area contributed by atoms with E-state index in [4.69, 9.17) is 0 Å². The maximum Gasteiger partial charge on any atom is 0.0934 e. The zero-order valence-corrected chi connectivity index (χ0v) is 11.2. The number of halogens is 1. The van der Waals surface area contributed by atoms with Gasteiger partial charge < -0.3 is 5.11 Å². The quantitative estimate of drug-likeness (QED) is 0.941. The molecule has 0 saturated carbocycles. The summed E-state index contributed by atoms with van der Waals surface area (Å²) in [6.07, 6.45) is 2.24. The Morgan fingerprint density at radius 1 is 1.18 bits per heavy atom. The van der Waals surface area contributed by atoms with Crippen molar-refractivity contribution in [2.24, 2.45) is 0 Å². The summed E-state index contributed by atoms with van der Waals surface area (Å²) in [7, 11) is 0. The molecule has 2 rings (SSSR count). The number of nitrogens with zero attached hydrogens (tertiary/aromatic N) is 1. The van der Waals surface area contributed by atoms with Crippen LogP contribution < -0.4 is 0 Å². The fourth-order valence-corrected chi connectivity index (χ4v) is 2.56. The Kier molecular flexibility index (Phi) is 3.60. The summed E-state index contributed by atoms with van der Waals surface area (Å²) in [5, 5.41) is 10.6. The van der Waals surface area contributed by atoms with E-state index in [1.54, 1.807) is 6.20 Å². The molecule has 0 radical (unpaired) electrons. The number of aliphatic hydroxyl groups is 1. The van der Waals surface area contributed by atoms with Crippen molar-refractivity contribution in [3.05, 3.63) is 64.4 Å². The molecule has 1 N–H and O–H groups in total. The van der Waals surface area contributed by atoms with E-state index in [-0.39, 0.29) is 0 Å². The topological polar surface area (TPSA) is 33.1 Å². The Balaban J connectivity index is 2.28. The minimum atomic E-state index is -0.922. The number of aromatic nitrogens is 1. The van der Waals surface area contributed by atoms with Crippen LogP contribution in [-0.2, 0) is 12.0 Å². The van der Waals surface area contributed by atoms with Crippen molar-refractivity contribution in [3.63, 3.8) is 0 Å². The van der Waals surface area contributed by atoms with Gasteiger partial charge in [0.15, 0.2) is 0 Å². The molecule has 0 aliphatic carbocycles. The first kappa shape index (κ1) is 12.3. The van der Waals surface area contributed by atoms with Gasteiger partial charge in [0.25, 0.3) is 0 Å². The molecule has 1 atom stereocenters. The normalized spacial score (nSPS) is 14.3. The number of hydrogen-bond acceptors (Lipinski definition) is 2. The molecule has 2 aromatic rings. The molecule has 2 nitrogen and oxygen atoms in total. The third kappa shape index (κ3) is 2.93. The lowest BCUT2D eigenvalue weighted by molar-refractivity contribution is 0.0558. The van der Waals surface area contributed by atoms with E-state index in [1.807, 2.05) is 49.4 Å². The highest BCUT2D eigenvalue weighted by molar-refractivity contribution is 9.10. The third-order valence-corrected chi connectivity index (χ3v) is 3.40. The van der Waals surface area contributed by atoms with Gasteiger partial charge in [-0.2, -0.15) is 0 Å². The summed E-state index contributed by atoms with van der Waals surface area (Å²) in [5.74, 6) is 0. The molecule has 0 bridgehead atoms. The van der Waals surface area contributed by atoms with Gasteiger partial charge >= 0.3 is 0 Å². The van der Waals surface area contributed by atoms with Gasteiger partial charge in [-0.3, -0.25) is 4.98 Å². The molecular weight excluding hydrogens is 278 g/mol. The van der Waals surface area contributed by atoms with Crippen molar-refractivity contribution in [2.45, 2.75) is 18.9 Å². The molecule has 0 saturated heterocycles. The Bertz CT molecular complexity index is 497. The largest absolute Gasteiger partial charge is 0.385 e. The minimum Gasteiger partial charge on any atom is -0.385 e. The molecular formula is C14H14BrNO. The lowest BCUT2D eigenvalue weighted by Gasteiger charge is -2.24. The lowest BCUT2D eigenvalue weighted by Crippen LogP contribution is -2.25. The van der Waals surface area contributed by atoms with Crippen molar-refractivity contribution < 1.29 is 5.11 Å². The average Bonchev–Trinajstić information content (AvgIpc) is 2.30. The SMILES string of the molecule is CC(O)(Cc1ccccn1)c1ccccc1Br. The summed E-state index contributed by atoms with van der Waals surface area (Å²) < 4.78 is 0.918. The summed E-state index contributed by atoms with van der Waals surface area (Å²) in [4.78, 5) is 4.24. The molecule has 1 aromatic carbocycles. The molecule has 0 aliphatic rings. The van der Waals surface area contributed by atoms with E-state index in [0.717, 1.165) is 15.7 Å². The average molecular weight is 292 g/mol.